The summed E-state index contributed by atoms with van der Waals surface area (Å²) in [5, 5.41) is 76.3. The van der Waals surface area contributed by atoms with Gasteiger partial charge in [-0.15, -0.1) is 0 Å². The first-order valence-electron chi connectivity index (χ1n) is 46.3. The molecule has 762 valence electrons. The van der Waals surface area contributed by atoms with E-state index in [1.54, 1.807) is 204 Å². The smallest absolute Gasteiger partial charge is 0.260 e. The molecule has 0 radical (unpaired) electrons. The number of amidine groups is 4. The van der Waals surface area contributed by atoms with Crippen LogP contribution in [0.25, 0.3) is 0 Å². The summed E-state index contributed by atoms with van der Waals surface area (Å²) in [6, 6.07) is 51.6. The van der Waals surface area contributed by atoms with E-state index in [2.05, 4.69) is 77.0 Å². The van der Waals surface area contributed by atoms with Gasteiger partial charge in [-0.05, 0) is 111 Å². The van der Waals surface area contributed by atoms with Crippen LogP contribution in [0, 0.1) is 27.0 Å². The number of rotatable bonds is 30. The maximum Gasteiger partial charge on any atom is 0.260 e. The van der Waals surface area contributed by atoms with E-state index >= 15 is 0 Å². The molecule has 5 amide bonds. The number of ketones is 4. The lowest BCUT2D eigenvalue weighted by Gasteiger charge is -2.33. The Morgan fingerprint density at radius 2 is 0.503 bits per heavy atom. The van der Waals surface area contributed by atoms with Crippen molar-refractivity contribution in [3.8, 4) is 0 Å². The minimum absolute atomic E-state index is 0. The van der Waals surface area contributed by atoms with Gasteiger partial charge < -0.3 is 57.9 Å². The lowest BCUT2D eigenvalue weighted by atomic mass is 10.0. The molecular formula is C105H102Cl5N29O10. The van der Waals surface area contributed by atoms with Gasteiger partial charge in [0, 0.05) is 156 Å². The summed E-state index contributed by atoms with van der Waals surface area (Å²) in [6.07, 6.45) is 19.3. The van der Waals surface area contributed by atoms with Crippen LogP contribution in [0.4, 0.5) is 29.1 Å². The number of carbonyl (C=O) groups excluding carboxylic acids is 9. The Morgan fingerprint density at radius 3 is 0.725 bits per heavy atom. The predicted octanol–water partition coefficient (Wildman–Crippen LogP) is 15.0. The summed E-state index contributed by atoms with van der Waals surface area (Å²) >= 11 is 29.1. The van der Waals surface area contributed by atoms with Crippen molar-refractivity contribution in [2.45, 2.75) is 64.7 Å². The Kier molecular flexibility index (Phi) is 37.1. The Hall–Kier alpha value is -17.1. The molecule has 149 heavy (non-hydrogen) atoms. The standard InChI is InChI=1S/C23H23ClN6O2.C22H21ClN6O2.C21H19ClN6O2.C20H18ClN5O2.C19H19ClN6O.H2O/c1-29-19(18(14-27-29)23(32)28-21-9-8-17(24)13-26-21)12-20(31)15-4-6-16(7-5-15)22(25)30-10-2-3-11-30;1-28-18(17(13-26-28)22(31)27-20-8-7-16(23)12-25-20)11-19(30)14-3-5-15(6-4-14)21(24)29-9-2-10-29;1-27-17(16(12-25-27)21(30)26-19-7-6-15(22)11-24-19)10-18(29)13-2-4-14(5-3-13)20(23)28-8-9-28;1-12(22)13-3-5-14(6-4-13)18(27)9-17-16(11-24-26(17)2)20(28)25-19-8-7-15(21)10-23-19;1-26-16(8-4-12-2-5-13(6-3-12)18(21)22)15(11-24-26)19(27)25-17-9-7-14(20)10-23-17;/h4-9,13-14,25H,2-3,10-12H2,1H3,(H,26,28,32);3-8,12-13,24H,2,9-11H2,1H3,(H,25,27,31);2-7,11-12,23H,8-10H2,1H3,(H,24,26,30);3-8,10-11,22H,9H2,1-2H3,(H,23,25,28);2-3,5-7,9-11H,4,8H2,1H3,(H3,21,22)(H,23,25,27);1H2. The van der Waals surface area contributed by atoms with Gasteiger partial charge in [-0.25, -0.2) is 24.9 Å². The van der Waals surface area contributed by atoms with Crippen LogP contribution in [0.3, 0.4) is 0 Å². The third-order valence-corrected chi connectivity index (χ3v) is 25.2. The number of likely N-dealkylation sites (tertiary alicyclic amines) is 2. The van der Waals surface area contributed by atoms with E-state index in [1.807, 2.05) is 46.0 Å². The van der Waals surface area contributed by atoms with Crippen LogP contribution in [0.1, 0.15) is 181 Å². The third-order valence-electron chi connectivity index (χ3n) is 24.0. The second-order valence-electron chi connectivity index (χ2n) is 34.2. The first-order chi connectivity index (χ1) is 71.0. The average Bonchev–Trinajstić information content (AvgIpc) is 1.82. The molecule has 0 atom stereocenters. The van der Waals surface area contributed by atoms with Gasteiger partial charge in [0.25, 0.3) is 29.5 Å². The Balaban J connectivity index is 0.000000155. The summed E-state index contributed by atoms with van der Waals surface area (Å²) in [5.74, 6) is 0.925. The fourth-order valence-electron chi connectivity index (χ4n) is 15.3. The maximum absolute atomic E-state index is 12.9. The SMILES string of the molecule is CC(=N)c1ccc(C(=O)Cc2c(C(=O)Nc3ccc(Cl)cn3)cnn2C)cc1.Cn1ncc(C(=O)Nc2ccc(Cl)cn2)c1CC(=O)c1ccc(C(=N)N2CC2)cc1.Cn1ncc(C(=O)Nc2ccc(Cl)cn2)c1CC(=O)c1ccc(C(=N)N2CCC2)cc1.Cn1ncc(C(=O)Nc2ccc(Cl)cn2)c1CC(=O)c1ccc(C(=N)N2CCCC2)cc1.Cn1ncc(C(=O)Nc2ccc(Cl)cn2)c1CCc1ccc(C(=N)N)cc1.O. The van der Waals surface area contributed by atoms with E-state index in [9.17, 15) is 43.2 Å². The zero-order chi connectivity index (χ0) is 106. The summed E-state index contributed by atoms with van der Waals surface area (Å²) in [4.78, 5) is 141. The van der Waals surface area contributed by atoms with Crippen molar-refractivity contribution in [1.29, 1.82) is 27.0 Å². The van der Waals surface area contributed by atoms with Gasteiger partial charge >= 0.3 is 0 Å². The number of pyridine rings is 5. The minimum Gasteiger partial charge on any atom is -0.412 e. The second-order valence-corrected chi connectivity index (χ2v) is 36.4. The van der Waals surface area contributed by atoms with E-state index in [0.717, 1.165) is 98.5 Å². The molecule has 3 fully saturated rings. The number of nitrogens with one attached hydrogen (secondary N) is 10. The van der Waals surface area contributed by atoms with Gasteiger partial charge in [-0.1, -0.05) is 179 Å². The number of carbonyl (C=O) groups is 9. The number of anilines is 5. The number of aromatic nitrogens is 15. The van der Waals surface area contributed by atoms with Gasteiger partial charge in [-0.2, -0.15) is 25.5 Å². The topological polar surface area (TPSA) is 554 Å². The molecule has 3 aliphatic heterocycles. The van der Waals surface area contributed by atoms with Crippen LogP contribution in [-0.4, -0.2) is 215 Å². The molecule has 39 nitrogen and oxygen atoms in total. The van der Waals surface area contributed by atoms with Crippen molar-refractivity contribution in [2.75, 3.05) is 65.9 Å². The fourth-order valence-corrected chi connectivity index (χ4v) is 15.9. The number of aryl methyl sites for hydroxylation is 6. The summed E-state index contributed by atoms with van der Waals surface area (Å²) in [6.45, 7) is 7.08. The largest absolute Gasteiger partial charge is 0.412 e. The van der Waals surface area contributed by atoms with Gasteiger partial charge in [0.2, 0.25) is 0 Å². The molecule has 10 aromatic heterocycles. The van der Waals surface area contributed by atoms with Crippen molar-refractivity contribution in [1.82, 2.24) is 88.5 Å². The number of halogens is 5. The monoisotopic (exact) mass is 2100 g/mol. The molecule has 13 heterocycles. The molecular weight excluding hydrogens is 2000 g/mol. The van der Waals surface area contributed by atoms with Gasteiger partial charge in [-0.3, -0.25) is 88.2 Å². The lowest BCUT2D eigenvalue weighted by molar-refractivity contribution is 0.0978. The molecule has 14 N–H and O–H groups in total. The third kappa shape index (κ3) is 29.2. The highest BCUT2D eigenvalue weighted by Gasteiger charge is 2.29. The number of Topliss-reactive ketones (excluding diaryl/α,β-unsaturated/α-hetero) is 4. The molecule has 0 unspecified atom stereocenters. The minimum atomic E-state index is -0.402. The Labute approximate surface area is 879 Å². The second kappa shape index (κ2) is 50.6. The number of amides is 5. The normalized spacial score (nSPS) is 12.0. The number of nitrogen functional groups attached to an aromatic ring is 1. The lowest BCUT2D eigenvalue weighted by Crippen LogP contribution is -2.42. The van der Waals surface area contributed by atoms with Crippen molar-refractivity contribution in [3.63, 3.8) is 0 Å². The Bertz CT molecular complexity index is 7450. The van der Waals surface area contributed by atoms with Crippen LogP contribution in [-0.2, 0) is 73.8 Å². The van der Waals surface area contributed by atoms with Crippen molar-refractivity contribution in [3.05, 3.63) is 381 Å². The van der Waals surface area contributed by atoms with E-state index in [1.165, 1.54) is 74.5 Å². The van der Waals surface area contributed by atoms with Crippen LogP contribution >= 0.6 is 58.0 Å². The number of benzene rings is 5. The highest BCUT2D eigenvalue weighted by atomic mass is 35.5. The summed E-state index contributed by atoms with van der Waals surface area (Å²) in [7, 11) is 8.57. The van der Waals surface area contributed by atoms with Crippen LogP contribution < -0.4 is 32.3 Å². The molecule has 3 aliphatic rings. The highest BCUT2D eigenvalue weighted by molar-refractivity contribution is 6.32. The molecule has 0 saturated carbocycles. The number of hydrogen-bond donors (Lipinski definition) is 11. The molecule has 0 aliphatic carbocycles. The quantitative estimate of drug-likeness (QED) is 0.00862. The van der Waals surface area contributed by atoms with E-state index < -0.39 is 23.6 Å². The molecule has 15 aromatic rings. The first kappa shape index (κ1) is 109. The first-order valence-corrected chi connectivity index (χ1v) is 48.2. The van der Waals surface area contributed by atoms with Gasteiger partial charge in [0.15, 0.2) is 23.1 Å². The van der Waals surface area contributed by atoms with Gasteiger partial charge in [0.1, 0.15) is 52.4 Å². The molecule has 5 aromatic carbocycles. The summed E-state index contributed by atoms with van der Waals surface area (Å²) in [5.41, 5.74) is 17.5. The van der Waals surface area contributed by atoms with Crippen LogP contribution in [0.5, 0.6) is 0 Å². The zero-order valence-corrected chi connectivity index (χ0v) is 85.2. The van der Waals surface area contributed by atoms with Crippen molar-refractivity contribution in [2.24, 2.45) is 41.0 Å². The van der Waals surface area contributed by atoms with Gasteiger partial charge in [0.05, 0.1) is 138 Å². The van der Waals surface area contributed by atoms with E-state index in [0.29, 0.717) is 162 Å². The zero-order valence-electron chi connectivity index (χ0n) is 81.4. The molecule has 3 saturated heterocycles. The number of nitrogens with zero attached hydrogens (tertiary/aromatic N) is 18. The average molecular weight is 2110 g/mol. The summed E-state index contributed by atoms with van der Waals surface area (Å²) < 4.78 is 7.79. The molecule has 18 rings (SSSR count). The van der Waals surface area contributed by atoms with Crippen LogP contribution in [0.2, 0.25) is 25.1 Å². The van der Waals surface area contributed by atoms with Crippen molar-refractivity contribution >= 4 is 169 Å². The molecule has 0 spiro atoms. The van der Waals surface area contributed by atoms with E-state index in [-0.39, 0.29) is 66.0 Å². The van der Waals surface area contributed by atoms with E-state index in [4.69, 9.17) is 90.8 Å². The number of hydrogen-bond acceptors (Lipinski definition) is 24. The highest BCUT2D eigenvalue weighted by Crippen LogP contribution is 2.27. The van der Waals surface area contributed by atoms with Crippen molar-refractivity contribution < 1.29 is 48.6 Å². The molecule has 44 heteroatoms. The molecule has 0 bridgehead atoms. The maximum atomic E-state index is 12.9. The Morgan fingerprint density at radius 1 is 0.282 bits per heavy atom. The number of nitrogens with two attached hydrogens (primary N) is 1. The fraction of sp³-hybridized carbons (Fsp3) is 0.200. The predicted molar refractivity (Wildman–Crippen MR) is 570 cm³/mol. The van der Waals surface area contributed by atoms with Crippen LogP contribution in [0.15, 0.2) is 244 Å².